The molecule has 2 aliphatic rings. The maximum Gasteiger partial charge on any atom is 0.272 e. The third kappa shape index (κ3) is 3.52. The number of amides is 1. The van der Waals surface area contributed by atoms with Gasteiger partial charge in [0.1, 0.15) is 0 Å². The summed E-state index contributed by atoms with van der Waals surface area (Å²) in [4.78, 5) is 14.4. The van der Waals surface area contributed by atoms with Crippen LogP contribution in [0.3, 0.4) is 0 Å². The second kappa shape index (κ2) is 6.41. The lowest BCUT2D eigenvalue weighted by atomic mass is 9.99. The molecule has 0 aromatic carbocycles. The van der Waals surface area contributed by atoms with Crippen molar-refractivity contribution in [2.45, 2.75) is 51.5 Å². The lowest BCUT2D eigenvalue weighted by molar-refractivity contribution is 0.0932. The van der Waals surface area contributed by atoms with Crippen molar-refractivity contribution in [2.24, 2.45) is 5.92 Å². The van der Waals surface area contributed by atoms with Crippen molar-refractivity contribution in [3.05, 3.63) is 17.8 Å². The van der Waals surface area contributed by atoms with Crippen LogP contribution >= 0.6 is 0 Å². The van der Waals surface area contributed by atoms with Gasteiger partial charge in [-0.25, -0.2) is 0 Å². The Hall–Kier alpha value is -1.65. The minimum absolute atomic E-state index is 0.0896. The molecule has 0 unspecified atom stereocenters. The lowest BCUT2D eigenvalue weighted by Gasteiger charge is -2.30. The molecule has 5 heteroatoms. The molecule has 21 heavy (non-hydrogen) atoms. The summed E-state index contributed by atoms with van der Waals surface area (Å²) in [5.74, 6) is 1.60. The van der Waals surface area contributed by atoms with Crippen molar-refractivity contribution in [1.82, 2.24) is 15.5 Å². The van der Waals surface area contributed by atoms with E-state index in [0.717, 1.165) is 37.7 Å². The largest absolute Gasteiger partial charge is 0.355 e. The van der Waals surface area contributed by atoms with Crippen molar-refractivity contribution in [3.63, 3.8) is 0 Å². The van der Waals surface area contributed by atoms with Crippen molar-refractivity contribution < 1.29 is 4.79 Å². The van der Waals surface area contributed by atoms with E-state index in [0.29, 0.717) is 11.7 Å². The quantitative estimate of drug-likeness (QED) is 0.928. The maximum absolute atomic E-state index is 12.1. The normalized spacial score (nSPS) is 20.7. The van der Waals surface area contributed by atoms with Crippen LogP contribution in [-0.2, 0) is 0 Å². The second-order valence-electron chi connectivity index (χ2n) is 6.40. The number of nitrogens with one attached hydrogen (secondary N) is 1. The van der Waals surface area contributed by atoms with Crippen LogP contribution in [0.15, 0.2) is 12.1 Å². The summed E-state index contributed by atoms with van der Waals surface area (Å²) in [7, 11) is 0. The van der Waals surface area contributed by atoms with Crippen LogP contribution in [0.4, 0.5) is 5.82 Å². The number of carbonyl (C=O) groups is 1. The van der Waals surface area contributed by atoms with Gasteiger partial charge in [-0.3, -0.25) is 4.79 Å². The van der Waals surface area contributed by atoms with Crippen LogP contribution in [0.25, 0.3) is 0 Å². The number of hydrogen-bond donors (Lipinski definition) is 1. The fraction of sp³-hybridized carbons (Fsp3) is 0.688. The molecule has 0 spiro atoms. The van der Waals surface area contributed by atoms with Gasteiger partial charge >= 0.3 is 0 Å². The van der Waals surface area contributed by atoms with Gasteiger partial charge < -0.3 is 10.2 Å². The first-order valence-electron chi connectivity index (χ1n) is 8.12. The van der Waals surface area contributed by atoms with E-state index < -0.39 is 0 Å². The fourth-order valence-corrected chi connectivity index (χ4v) is 3.18. The van der Waals surface area contributed by atoms with E-state index >= 15 is 0 Å². The number of rotatable bonds is 3. The second-order valence-corrected chi connectivity index (χ2v) is 6.40. The highest BCUT2D eigenvalue weighted by molar-refractivity contribution is 5.92. The average Bonchev–Trinajstić information content (AvgIpc) is 3.01. The summed E-state index contributed by atoms with van der Waals surface area (Å²) in [6.45, 7) is 4.35. The Kier molecular flexibility index (Phi) is 4.36. The Bertz CT molecular complexity index is 474. The molecular weight excluding hydrogens is 264 g/mol. The summed E-state index contributed by atoms with van der Waals surface area (Å²) < 4.78 is 0. The van der Waals surface area contributed by atoms with Crippen LogP contribution in [0.1, 0.15) is 55.9 Å². The molecule has 3 rings (SSSR count). The van der Waals surface area contributed by atoms with Crippen LogP contribution in [0.2, 0.25) is 0 Å². The third-order valence-corrected chi connectivity index (χ3v) is 4.68. The molecule has 1 aromatic heterocycles. The Morgan fingerprint density at radius 1 is 1.14 bits per heavy atom. The third-order valence-electron chi connectivity index (χ3n) is 4.68. The Morgan fingerprint density at radius 2 is 1.86 bits per heavy atom. The molecule has 114 valence electrons. The smallest absolute Gasteiger partial charge is 0.272 e. The average molecular weight is 288 g/mol. The van der Waals surface area contributed by atoms with Crippen molar-refractivity contribution >= 4 is 11.7 Å². The standard InChI is InChI=1S/C16H24N4O/c1-12-8-10-20(11-9-12)15-7-6-14(18-19-15)16(21)17-13-4-2-3-5-13/h6-7,12-13H,2-5,8-11H2,1H3,(H,17,21). The van der Waals surface area contributed by atoms with E-state index in [-0.39, 0.29) is 5.91 Å². The van der Waals surface area contributed by atoms with Gasteiger partial charge in [-0.15, -0.1) is 10.2 Å². The van der Waals surface area contributed by atoms with E-state index in [4.69, 9.17) is 0 Å². The number of nitrogens with zero attached hydrogens (tertiary/aromatic N) is 3. The number of anilines is 1. The molecule has 1 saturated heterocycles. The van der Waals surface area contributed by atoms with E-state index in [2.05, 4.69) is 27.3 Å². The molecule has 2 heterocycles. The summed E-state index contributed by atoms with van der Waals surface area (Å²) in [6, 6.07) is 4.04. The number of aromatic nitrogens is 2. The molecular formula is C16H24N4O. The van der Waals surface area contributed by atoms with E-state index in [1.807, 2.05) is 6.07 Å². The first kappa shape index (κ1) is 14.3. The van der Waals surface area contributed by atoms with Crippen LogP contribution < -0.4 is 10.2 Å². The molecule has 1 amide bonds. The zero-order chi connectivity index (χ0) is 14.7. The zero-order valence-corrected chi connectivity index (χ0v) is 12.7. The number of carbonyl (C=O) groups excluding carboxylic acids is 1. The van der Waals surface area contributed by atoms with Gasteiger partial charge in [0.15, 0.2) is 11.5 Å². The Morgan fingerprint density at radius 3 is 2.48 bits per heavy atom. The molecule has 1 aliphatic heterocycles. The summed E-state index contributed by atoms with van der Waals surface area (Å²) in [6.07, 6.45) is 7.00. The van der Waals surface area contributed by atoms with E-state index in [1.165, 1.54) is 25.7 Å². The highest BCUT2D eigenvalue weighted by Crippen LogP contribution is 2.21. The highest BCUT2D eigenvalue weighted by Gasteiger charge is 2.20. The summed E-state index contributed by atoms with van der Waals surface area (Å²) in [5, 5.41) is 11.4. The van der Waals surface area contributed by atoms with Crippen LogP contribution in [0, 0.1) is 5.92 Å². The van der Waals surface area contributed by atoms with Gasteiger partial charge in [0.05, 0.1) is 0 Å². The maximum atomic E-state index is 12.1. The number of hydrogen-bond acceptors (Lipinski definition) is 4. The Balaban J connectivity index is 1.59. The summed E-state index contributed by atoms with van der Waals surface area (Å²) in [5.41, 5.74) is 0.427. The zero-order valence-electron chi connectivity index (χ0n) is 12.7. The Labute approximate surface area is 126 Å². The van der Waals surface area contributed by atoms with Crippen molar-refractivity contribution in [2.75, 3.05) is 18.0 Å². The molecule has 1 N–H and O–H groups in total. The molecule has 1 saturated carbocycles. The lowest BCUT2D eigenvalue weighted by Crippen LogP contribution is -2.35. The fourth-order valence-electron chi connectivity index (χ4n) is 3.18. The van der Waals surface area contributed by atoms with Gasteiger partial charge in [0, 0.05) is 19.1 Å². The predicted octanol–water partition coefficient (Wildman–Crippen LogP) is 2.39. The van der Waals surface area contributed by atoms with Crippen molar-refractivity contribution in [3.8, 4) is 0 Å². The monoisotopic (exact) mass is 288 g/mol. The molecule has 0 bridgehead atoms. The van der Waals surface area contributed by atoms with Crippen molar-refractivity contribution in [1.29, 1.82) is 0 Å². The topological polar surface area (TPSA) is 58.1 Å². The van der Waals surface area contributed by atoms with Gasteiger partial charge in [0.2, 0.25) is 0 Å². The molecule has 5 nitrogen and oxygen atoms in total. The van der Waals surface area contributed by atoms with Gasteiger partial charge in [-0.2, -0.15) is 0 Å². The predicted molar refractivity (Wildman–Crippen MR) is 82.4 cm³/mol. The number of piperidine rings is 1. The SMILES string of the molecule is CC1CCN(c2ccc(C(=O)NC3CCCC3)nn2)CC1. The molecule has 0 atom stereocenters. The van der Waals surface area contributed by atoms with Crippen LogP contribution in [0.5, 0.6) is 0 Å². The minimum atomic E-state index is -0.0896. The molecule has 1 aromatic rings. The minimum Gasteiger partial charge on any atom is -0.355 e. The van der Waals surface area contributed by atoms with Gasteiger partial charge in [0.25, 0.3) is 5.91 Å². The van der Waals surface area contributed by atoms with Gasteiger partial charge in [-0.05, 0) is 43.7 Å². The molecule has 0 radical (unpaired) electrons. The first-order valence-corrected chi connectivity index (χ1v) is 8.12. The highest BCUT2D eigenvalue weighted by atomic mass is 16.2. The van der Waals surface area contributed by atoms with E-state index in [9.17, 15) is 4.79 Å². The molecule has 2 fully saturated rings. The van der Waals surface area contributed by atoms with Crippen LogP contribution in [-0.4, -0.2) is 35.2 Å². The van der Waals surface area contributed by atoms with Gasteiger partial charge in [-0.1, -0.05) is 19.8 Å². The first-order chi connectivity index (χ1) is 10.2. The van der Waals surface area contributed by atoms with E-state index in [1.54, 1.807) is 6.07 Å². The molecule has 1 aliphatic carbocycles. The summed E-state index contributed by atoms with van der Waals surface area (Å²) >= 11 is 0.